The van der Waals surface area contributed by atoms with Crippen molar-refractivity contribution in [1.29, 1.82) is 0 Å². The second-order valence-corrected chi connectivity index (χ2v) is 7.71. The number of nitrogens with zero attached hydrogens (tertiary/aromatic N) is 1. The molecule has 11 heteroatoms. The largest absolute Gasteiger partial charge is 0.416 e. The van der Waals surface area contributed by atoms with Gasteiger partial charge in [0.2, 0.25) is 5.91 Å². The summed E-state index contributed by atoms with van der Waals surface area (Å²) < 4.78 is 92.9. The summed E-state index contributed by atoms with van der Waals surface area (Å²) in [6.07, 6.45) is -4.04. The van der Waals surface area contributed by atoms with E-state index in [4.69, 9.17) is 0 Å². The molecule has 2 aromatic carbocycles. The van der Waals surface area contributed by atoms with Gasteiger partial charge in [0.15, 0.2) is 0 Å². The number of anilines is 2. The van der Waals surface area contributed by atoms with Crippen LogP contribution in [0.2, 0.25) is 0 Å². The molecule has 3 rings (SSSR count). The molecule has 0 unspecified atom stereocenters. The maximum atomic E-state index is 14.3. The standard InChI is InChI=1S/C17H13F5N2O3S/c18-12-5-3-10(17(20,21)22)8-15(12)28(26,27)23-11-4-6-14(13(19)9-11)24-7-1-2-16(24)25/h3-6,8-9,23H,1-2,7H2. The molecule has 1 saturated heterocycles. The minimum Gasteiger partial charge on any atom is -0.310 e. The molecular formula is C17H13F5N2O3S. The molecule has 0 saturated carbocycles. The van der Waals surface area contributed by atoms with Crippen LogP contribution in [0.1, 0.15) is 18.4 Å². The minimum absolute atomic E-state index is 0.0457. The van der Waals surface area contributed by atoms with Crippen LogP contribution in [0.4, 0.5) is 33.3 Å². The summed E-state index contributed by atoms with van der Waals surface area (Å²) in [4.78, 5) is 11.7. The molecule has 0 radical (unpaired) electrons. The maximum Gasteiger partial charge on any atom is 0.416 e. The molecule has 1 aliphatic rings. The summed E-state index contributed by atoms with van der Waals surface area (Å²) in [6, 6.07) is 4.02. The van der Waals surface area contributed by atoms with Gasteiger partial charge in [0.1, 0.15) is 16.5 Å². The highest BCUT2D eigenvalue weighted by molar-refractivity contribution is 7.92. The smallest absolute Gasteiger partial charge is 0.310 e. The quantitative estimate of drug-likeness (QED) is 0.763. The van der Waals surface area contributed by atoms with E-state index >= 15 is 0 Å². The van der Waals surface area contributed by atoms with E-state index in [9.17, 15) is 35.2 Å². The van der Waals surface area contributed by atoms with Gasteiger partial charge in [-0.1, -0.05) is 0 Å². The van der Waals surface area contributed by atoms with Gasteiger partial charge in [-0.15, -0.1) is 0 Å². The molecular weight excluding hydrogens is 407 g/mol. The molecule has 0 aliphatic carbocycles. The molecule has 1 aliphatic heterocycles. The Morgan fingerprint density at radius 2 is 1.71 bits per heavy atom. The first-order valence-electron chi connectivity index (χ1n) is 7.98. The lowest BCUT2D eigenvalue weighted by molar-refractivity contribution is -0.137. The van der Waals surface area contributed by atoms with E-state index in [1.165, 1.54) is 11.0 Å². The van der Waals surface area contributed by atoms with Crippen molar-refractivity contribution in [3.63, 3.8) is 0 Å². The van der Waals surface area contributed by atoms with Crippen LogP contribution in [0.5, 0.6) is 0 Å². The first-order chi connectivity index (χ1) is 13.0. The lowest BCUT2D eigenvalue weighted by atomic mass is 10.2. The van der Waals surface area contributed by atoms with Crippen LogP contribution in [0, 0.1) is 11.6 Å². The van der Waals surface area contributed by atoms with Gasteiger partial charge in [0.05, 0.1) is 16.9 Å². The van der Waals surface area contributed by atoms with Gasteiger partial charge in [0, 0.05) is 19.0 Å². The number of hydrogen-bond acceptors (Lipinski definition) is 3. The summed E-state index contributed by atoms with van der Waals surface area (Å²) in [5.41, 5.74) is -1.72. The Balaban J connectivity index is 1.91. The fourth-order valence-corrected chi connectivity index (χ4v) is 3.94. The third-order valence-corrected chi connectivity index (χ3v) is 5.51. The van der Waals surface area contributed by atoms with Crippen LogP contribution >= 0.6 is 0 Å². The van der Waals surface area contributed by atoms with E-state index in [-0.39, 0.29) is 29.8 Å². The van der Waals surface area contributed by atoms with Crippen molar-refractivity contribution in [2.45, 2.75) is 23.9 Å². The summed E-state index contributed by atoms with van der Waals surface area (Å²) in [5.74, 6) is -2.57. The molecule has 0 bridgehead atoms. The molecule has 1 fully saturated rings. The lowest BCUT2D eigenvalue weighted by Gasteiger charge is -2.17. The van der Waals surface area contributed by atoms with E-state index in [0.717, 1.165) is 12.1 Å². The number of halogens is 5. The number of benzene rings is 2. The van der Waals surface area contributed by atoms with Crippen LogP contribution in [-0.2, 0) is 21.0 Å². The summed E-state index contributed by atoms with van der Waals surface area (Å²) in [5, 5.41) is 0. The van der Waals surface area contributed by atoms with Crippen LogP contribution in [-0.4, -0.2) is 20.9 Å². The Bertz CT molecular complexity index is 1040. The highest BCUT2D eigenvalue weighted by Crippen LogP contribution is 2.32. The Hall–Kier alpha value is -2.69. The van der Waals surface area contributed by atoms with E-state index in [1.54, 1.807) is 0 Å². The first-order valence-corrected chi connectivity index (χ1v) is 9.47. The molecule has 1 amide bonds. The van der Waals surface area contributed by atoms with Crippen molar-refractivity contribution in [1.82, 2.24) is 0 Å². The van der Waals surface area contributed by atoms with Gasteiger partial charge in [0.25, 0.3) is 10.0 Å². The number of hydrogen-bond donors (Lipinski definition) is 1. The van der Waals surface area contributed by atoms with Crippen LogP contribution in [0.3, 0.4) is 0 Å². The molecule has 5 nitrogen and oxygen atoms in total. The number of carbonyl (C=O) groups is 1. The third kappa shape index (κ3) is 3.93. The predicted molar refractivity (Wildman–Crippen MR) is 90.2 cm³/mol. The van der Waals surface area contributed by atoms with Crippen LogP contribution in [0.15, 0.2) is 41.3 Å². The van der Waals surface area contributed by atoms with Crippen molar-refractivity contribution < 1.29 is 35.2 Å². The molecule has 0 aromatic heterocycles. The fourth-order valence-electron chi connectivity index (χ4n) is 2.79. The van der Waals surface area contributed by atoms with Gasteiger partial charge < -0.3 is 4.90 Å². The normalized spacial score (nSPS) is 15.2. The Kier molecular flexibility index (Phi) is 5.04. The van der Waals surface area contributed by atoms with E-state index in [1.807, 2.05) is 4.72 Å². The number of alkyl halides is 3. The number of carbonyl (C=O) groups excluding carboxylic acids is 1. The lowest BCUT2D eigenvalue weighted by Crippen LogP contribution is -2.24. The Morgan fingerprint density at radius 3 is 2.29 bits per heavy atom. The van der Waals surface area contributed by atoms with Crippen molar-refractivity contribution in [2.75, 3.05) is 16.2 Å². The molecule has 0 spiro atoms. The summed E-state index contributed by atoms with van der Waals surface area (Å²) in [6.45, 7) is 0.316. The zero-order valence-electron chi connectivity index (χ0n) is 14.1. The van der Waals surface area contributed by atoms with Gasteiger partial charge in [-0.2, -0.15) is 13.2 Å². The molecule has 2 aromatic rings. The second kappa shape index (κ2) is 7.04. The number of rotatable bonds is 4. The topological polar surface area (TPSA) is 66.5 Å². The van der Waals surface area contributed by atoms with E-state index in [2.05, 4.69) is 0 Å². The minimum atomic E-state index is -4.87. The van der Waals surface area contributed by atoms with E-state index in [0.29, 0.717) is 25.1 Å². The second-order valence-electron chi connectivity index (χ2n) is 6.06. The predicted octanol–water partition coefficient (Wildman–Crippen LogP) is 3.91. The number of amides is 1. The summed E-state index contributed by atoms with van der Waals surface area (Å²) in [7, 11) is -4.76. The molecule has 0 atom stereocenters. The summed E-state index contributed by atoms with van der Waals surface area (Å²) >= 11 is 0. The monoisotopic (exact) mass is 420 g/mol. The van der Waals surface area contributed by atoms with Crippen molar-refractivity contribution in [2.24, 2.45) is 0 Å². The highest BCUT2D eigenvalue weighted by atomic mass is 32.2. The first kappa shape index (κ1) is 20.1. The molecule has 1 N–H and O–H groups in total. The van der Waals surface area contributed by atoms with E-state index < -0.39 is 38.3 Å². The average molecular weight is 420 g/mol. The number of sulfonamides is 1. The van der Waals surface area contributed by atoms with Crippen molar-refractivity contribution in [3.05, 3.63) is 53.6 Å². The zero-order chi connectivity index (χ0) is 20.7. The SMILES string of the molecule is O=C1CCCN1c1ccc(NS(=O)(=O)c2cc(C(F)(F)F)ccc2F)cc1F. The zero-order valence-corrected chi connectivity index (χ0v) is 14.9. The Morgan fingerprint density at radius 1 is 1.00 bits per heavy atom. The third-order valence-electron chi connectivity index (χ3n) is 4.11. The maximum absolute atomic E-state index is 14.3. The Labute approximate surface area is 156 Å². The van der Waals surface area contributed by atoms with Gasteiger partial charge in [-0.25, -0.2) is 17.2 Å². The van der Waals surface area contributed by atoms with Crippen molar-refractivity contribution in [3.8, 4) is 0 Å². The van der Waals surface area contributed by atoms with Crippen molar-refractivity contribution >= 4 is 27.3 Å². The van der Waals surface area contributed by atoms with Crippen LogP contribution in [0.25, 0.3) is 0 Å². The van der Waals surface area contributed by atoms with Gasteiger partial charge in [-0.05, 0) is 36.8 Å². The van der Waals surface area contributed by atoms with Gasteiger partial charge in [-0.3, -0.25) is 9.52 Å². The number of nitrogens with one attached hydrogen (secondary N) is 1. The average Bonchev–Trinajstić information content (AvgIpc) is 2.99. The fraction of sp³-hybridized carbons (Fsp3) is 0.235. The molecule has 1 heterocycles. The molecule has 150 valence electrons. The highest BCUT2D eigenvalue weighted by Gasteiger charge is 2.33. The van der Waals surface area contributed by atoms with Gasteiger partial charge >= 0.3 is 6.18 Å². The molecule has 28 heavy (non-hydrogen) atoms. The van der Waals surface area contributed by atoms with Crippen LogP contribution < -0.4 is 9.62 Å².